The van der Waals surface area contributed by atoms with E-state index in [4.69, 9.17) is 4.42 Å². The quantitative estimate of drug-likeness (QED) is 0.843. The van der Waals surface area contributed by atoms with Crippen LogP contribution in [0, 0.1) is 0 Å². The van der Waals surface area contributed by atoms with Crippen LogP contribution in [-0.2, 0) is 10.0 Å². The Morgan fingerprint density at radius 2 is 1.87 bits per heavy atom. The Labute approximate surface area is 139 Å². The molecule has 1 saturated carbocycles. The highest BCUT2D eigenvalue weighted by molar-refractivity contribution is 7.91. The Hall–Kier alpha value is -1.25. The van der Waals surface area contributed by atoms with Crippen molar-refractivity contribution < 1.29 is 12.8 Å². The van der Waals surface area contributed by atoms with E-state index in [0.717, 1.165) is 37.0 Å². The molecule has 0 N–H and O–H groups in total. The van der Waals surface area contributed by atoms with Crippen LogP contribution in [0.5, 0.6) is 0 Å². The first-order valence-corrected chi connectivity index (χ1v) is 10.3. The number of piperidine rings is 1. The maximum Gasteiger partial charge on any atom is 0.257 e. The van der Waals surface area contributed by atoms with E-state index in [-0.39, 0.29) is 0 Å². The molecule has 0 unspecified atom stereocenters. The van der Waals surface area contributed by atoms with Crippen molar-refractivity contribution in [2.45, 2.75) is 48.7 Å². The molecule has 0 aromatic carbocycles. The summed E-state index contributed by atoms with van der Waals surface area (Å²) in [6.07, 6.45) is 6.38. The van der Waals surface area contributed by atoms with Crippen LogP contribution in [0.3, 0.4) is 0 Å². The van der Waals surface area contributed by atoms with Crippen LogP contribution in [0.1, 0.15) is 50.3 Å². The van der Waals surface area contributed by atoms with Crippen molar-refractivity contribution in [1.29, 1.82) is 0 Å². The third-order valence-electron chi connectivity index (χ3n) is 4.60. The number of thiophene rings is 1. The van der Waals surface area contributed by atoms with E-state index in [0.29, 0.717) is 35.0 Å². The summed E-state index contributed by atoms with van der Waals surface area (Å²) in [6.45, 7) is 1.23. The van der Waals surface area contributed by atoms with Gasteiger partial charge in [0.25, 0.3) is 15.9 Å². The van der Waals surface area contributed by atoms with E-state index in [1.54, 1.807) is 16.4 Å². The molecule has 124 valence electrons. The van der Waals surface area contributed by atoms with Gasteiger partial charge in [-0.3, -0.25) is 0 Å². The second-order valence-electron chi connectivity index (χ2n) is 6.16. The minimum atomic E-state index is -3.39. The Kier molecular flexibility index (Phi) is 3.98. The summed E-state index contributed by atoms with van der Waals surface area (Å²) in [5.74, 6) is 1.49. The number of hydrogen-bond donors (Lipinski definition) is 0. The fraction of sp³-hybridized carbons (Fsp3) is 0.600. The third-order valence-corrected chi connectivity index (χ3v) is 8.04. The van der Waals surface area contributed by atoms with Gasteiger partial charge in [-0.1, -0.05) is 12.8 Å². The number of rotatable bonds is 4. The molecule has 1 aliphatic carbocycles. The summed E-state index contributed by atoms with van der Waals surface area (Å²) >= 11 is 1.21. The fourth-order valence-electron chi connectivity index (χ4n) is 2.96. The second-order valence-corrected chi connectivity index (χ2v) is 9.41. The Morgan fingerprint density at radius 1 is 1.09 bits per heavy atom. The van der Waals surface area contributed by atoms with Crippen molar-refractivity contribution in [2.75, 3.05) is 13.1 Å². The van der Waals surface area contributed by atoms with Crippen LogP contribution in [0.4, 0.5) is 0 Å². The maximum atomic E-state index is 12.7. The minimum Gasteiger partial charge on any atom is -0.420 e. The molecule has 0 amide bonds. The van der Waals surface area contributed by atoms with E-state index in [9.17, 15) is 8.42 Å². The first kappa shape index (κ1) is 15.3. The van der Waals surface area contributed by atoms with Gasteiger partial charge in [0.15, 0.2) is 0 Å². The molecule has 0 atom stereocenters. The molecule has 4 rings (SSSR count). The average Bonchev–Trinajstić information content (AvgIpc) is 3.15. The largest absolute Gasteiger partial charge is 0.420 e. The molecule has 8 heteroatoms. The standard InChI is InChI=1S/C15H19N3O3S2/c19-23(20,18-9-2-1-3-10-18)13-8-7-12(22-13)15-17-16-14(21-15)11-5-4-6-11/h7-8,11H,1-6,9-10H2. The lowest BCUT2D eigenvalue weighted by Crippen LogP contribution is -2.35. The molecular formula is C15H19N3O3S2. The zero-order valence-corrected chi connectivity index (χ0v) is 14.4. The van der Waals surface area contributed by atoms with Crippen LogP contribution in [0.2, 0.25) is 0 Å². The van der Waals surface area contributed by atoms with Gasteiger partial charge in [0, 0.05) is 19.0 Å². The van der Waals surface area contributed by atoms with Crippen molar-refractivity contribution in [2.24, 2.45) is 0 Å². The van der Waals surface area contributed by atoms with Crippen molar-refractivity contribution in [1.82, 2.24) is 14.5 Å². The van der Waals surface area contributed by atoms with Crippen molar-refractivity contribution in [3.63, 3.8) is 0 Å². The summed E-state index contributed by atoms with van der Waals surface area (Å²) in [7, 11) is -3.39. The second kappa shape index (κ2) is 5.99. The van der Waals surface area contributed by atoms with Gasteiger partial charge in [-0.2, -0.15) is 4.31 Å². The summed E-state index contributed by atoms with van der Waals surface area (Å²) in [5.41, 5.74) is 0. The lowest BCUT2D eigenvalue weighted by atomic mass is 9.85. The first-order chi connectivity index (χ1) is 11.1. The number of hydrogen-bond acceptors (Lipinski definition) is 6. The van der Waals surface area contributed by atoms with Crippen LogP contribution >= 0.6 is 11.3 Å². The zero-order valence-electron chi connectivity index (χ0n) is 12.8. The van der Waals surface area contributed by atoms with Gasteiger partial charge in [-0.25, -0.2) is 8.42 Å². The molecule has 0 spiro atoms. The van der Waals surface area contributed by atoms with Crippen LogP contribution in [0.15, 0.2) is 20.8 Å². The molecule has 1 saturated heterocycles. The lowest BCUT2D eigenvalue weighted by Gasteiger charge is -2.25. The summed E-state index contributed by atoms with van der Waals surface area (Å²) in [5, 5.41) is 8.19. The summed E-state index contributed by atoms with van der Waals surface area (Å²) in [4.78, 5) is 0.721. The average molecular weight is 353 g/mol. The topological polar surface area (TPSA) is 76.3 Å². The molecule has 0 radical (unpaired) electrons. The molecule has 2 aliphatic rings. The SMILES string of the molecule is O=S(=O)(c1ccc(-c2nnc(C3CCC3)o2)s1)N1CCCCC1. The van der Waals surface area contributed by atoms with Crippen molar-refractivity contribution in [3.05, 3.63) is 18.0 Å². The van der Waals surface area contributed by atoms with E-state index in [2.05, 4.69) is 10.2 Å². The molecule has 3 heterocycles. The minimum absolute atomic E-state index is 0.359. The van der Waals surface area contributed by atoms with Gasteiger partial charge in [0.2, 0.25) is 5.89 Å². The molecule has 6 nitrogen and oxygen atoms in total. The molecule has 2 aromatic heterocycles. The number of sulfonamides is 1. The first-order valence-electron chi connectivity index (χ1n) is 8.08. The van der Waals surface area contributed by atoms with Gasteiger partial charge < -0.3 is 4.42 Å². The smallest absolute Gasteiger partial charge is 0.257 e. The zero-order chi connectivity index (χ0) is 15.9. The highest BCUT2D eigenvalue weighted by atomic mass is 32.2. The van der Waals surface area contributed by atoms with E-state index < -0.39 is 10.0 Å². The predicted molar refractivity (Wildman–Crippen MR) is 86.8 cm³/mol. The lowest BCUT2D eigenvalue weighted by molar-refractivity contribution is 0.338. The highest BCUT2D eigenvalue weighted by Gasteiger charge is 2.29. The van der Waals surface area contributed by atoms with Crippen LogP contribution in [-0.4, -0.2) is 36.0 Å². The molecule has 2 aromatic rings. The predicted octanol–water partition coefficient (Wildman–Crippen LogP) is 3.24. The summed E-state index contributed by atoms with van der Waals surface area (Å²) < 4.78 is 33.0. The Bertz CT molecular complexity index is 787. The molecule has 0 bridgehead atoms. The monoisotopic (exact) mass is 353 g/mol. The van der Waals surface area contributed by atoms with Crippen LogP contribution < -0.4 is 0 Å². The Balaban J connectivity index is 1.57. The van der Waals surface area contributed by atoms with E-state index >= 15 is 0 Å². The van der Waals surface area contributed by atoms with Crippen molar-refractivity contribution >= 4 is 21.4 Å². The fourth-order valence-corrected chi connectivity index (χ4v) is 5.86. The summed E-state index contributed by atoms with van der Waals surface area (Å²) in [6, 6.07) is 3.41. The van der Waals surface area contributed by atoms with Gasteiger partial charge >= 0.3 is 0 Å². The van der Waals surface area contributed by atoms with Gasteiger partial charge in [-0.15, -0.1) is 21.5 Å². The Morgan fingerprint density at radius 3 is 2.57 bits per heavy atom. The van der Waals surface area contributed by atoms with E-state index in [1.807, 2.05) is 0 Å². The van der Waals surface area contributed by atoms with Gasteiger partial charge in [0.1, 0.15) is 4.21 Å². The van der Waals surface area contributed by atoms with Crippen LogP contribution in [0.25, 0.3) is 10.8 Å². The number of nitrogens with zero attached hydrogens (tertiary/aromatic N) is 3. The third kappa shape index (κ3) is 2.83. The van der Waals surface area contributed by atoms with Gasteiger partial charge in [0.05, 0.1) is 4.88 Å². The number of aromatic nitrogens is 2. The molecule has 1 aliphatic heterocycles. The molecule has 2 fully saturated rings. The molecule has 23 heavy (non-hydrogen) atoms. The maximum absolute atomic E-state index is 12.7. The van der Waals surface area contributed by atoms with E-state index in [1.165, 1.54) is 17.8 Å². The normalized spacial score (nSPS) is 20.5. The van der Waals surface area contributed by atoms with Crippen molar-refractivity contribution in [3.8, 4) is 10.8 Å². The molecular weight excluding hydrogens is 334 g/mol. The van der Waals surface area contributed by atoms with Gasteiger partial charge in [-0.05, 0) is 37.8 Å². The highest BCUT2D eigenvalue weighted by Crippen LogP contribution is 2.38.